The molecule has 0 saturated heterocycles. The van der Waals surface area contributed by atoms with Gasteiger partial charge in [0.1, 0.15) is 0 Å². The maximum absolute atomic E-state index is 12.6. The van der Waals surface area contributed by atoms with E-state index in [2.05, 4.69) is 4.72 Å². The van der Waals surface area contributed by atoms with Crippen molar-refractivity contribution in [1.82, 2.24) is 9.03 Å². The number of benzene rings is 1. The molecule has 23 heavy (non-hydrogen) atoms. The van der Waals surface area contributed by atoms with Crippen molar-refractivity contribution in [3.05, 3.63) is 23.8 Å². The topological polar surface area (TPSA) is 110 Å². The lowest BCUT2D eigenvalue weighted by atomic mass is 9.94. The highest BCUT2D eigenvalue weighted by atomic mass is 32.2. The zero-order chi connectivity index (χ0) is 18.1. The summed E-state index contributed by atoms with van der Waals surface area (Å²) in [6.07, 6.45) is 0. The van der Waals surface area contributed by atoms with Crippen molar-refractivity contribution in [2.75, 3.05) is 27.2 Å². The number of hydrogen-bond acceptors (Lipinski definition) is 5. The van der Waals surface area contributed by atoms with E-state index in [1.807, 2.05) is 13.8 Å². The molecule has 132 valence electrons. The van der Waals surface area contributed by atoms with Gasteiger partial charge in [0.2, 0.25) is 20.0 Å². The van der Waals surface area contributed by atoms with Gasteiger partial charge in [0, 0.05) is 13.6 Å². The molecule has 0 heterocycles. The number of aryl methyl sites for hydroxylation is 1. The van der Waals surface area contributed by atoms with Crippen LogP contribution in [-0.2, 0) is 20.0 Å². The summed E-state index contributed by atoms with van der Waals surface area (Å²) in [7, 11) is -4.54. The predicted molar refractivity (Wildman–Crippen MR) is 90.1 cm³/mol. The number of nitrogens with two attached hydrogens (primary N) is 1. The molecule has 0 aliphatic heterocycles. The second-order valence-electron chi connectivity index (χ2n) is 6.26. The Morgan fingerprint density at radius 2 is 1.78 bits per heavy atom. The van der Waals surface area contributed by atoms with E-state index in [1.54, 1.807) is 6.92 Å². The molecule has 0 radical (unpaired) electrons. The van der Waals surface area contributed by atoms with Gasteiger partial charge in [-0.3, -0.25) is 0 Å². The third-order valence-corrected chi connectivity index (χ3v) is 6.99. The molecule has 0 fully saturated rings. The maximum atomic E-state index is 12.6. The van der Waals surface area contributed by atoms with Gasteiger partial charge < -0.3 is 5.73 Å². The van der Waals surface area contributed by atoms with Crippen molar-refractivity contribution >= 4 is 20.0 Å². The average Bonchev–Trinajstić information content (AvgIpc) is 2.46. The summed E-state index contributed by atoms with van der Waals surface area (Å²) >= 11 is 0. The molecular weight excluding hydrogens is 338 g/mol. The molecule has 0 aliphatic carbocycles. The van der Waals surface area contributed by atoms with Gasteiger partial charge >= 0.3 is 0 Å². The van der Waals surface area contributed by atoms with Crippen molar-refractivity contribution < 1.29 is 16.8 Å². The predicted octanol–water partition coefficient (Wildman–Crippen LogP) is 0.509. The second kappa shape index (κ2) is 6.86. The minimum atomic E-state index is -3.71. The van der Waals surface area contributed by atoms with Crippen molar-refractivity contribution in [2.45, 2.75) is 30.6 Å². The van der Waals surface area contributed by atoms with Crippen molar-refractivity contribution in [2.24, 2.45) is 11.1 Å². The summed E-state index contributed by atoms with van der Waals surface area (Å²) in [4.78, 5) is 0.115. The molecule has 3 N–H and O–H groups in total. The summed E-state index contributed by atoms with van der Waals surface area (Å²) in [5.41, 5.74) is 5.66. The fourth-order valence-electron chi connectivity index (χ4n) is 2.13. The summed E-state index contributed by atoms with van der Waals surface area (Å²) in [5, 5.41) is 0. The second-order valence-corrected chi connectivity index (χ2v) is 10.2. The van der Waals surface area contributed by atoms with Crippen LogP contribution < -0.4 is 10.5 Å². The first kappa shape index (κ1) is 20.0. The van der Waals surface area contributed by atoms with Crippen molar-refractivity contribution in [1.29, 1.82) is 0 Å². The van der Waals surface area contributed by atoms with E-state index >= 15 is 0 Å². The van der Waals surface area contributed by atoms with Crippen LogP contribution in [0.3, 0.4) is 0 Å². The van der Waals surface area contributed by atoms with Crippen LogP contribution in [-0.4, -0.2) is 48.3 Å². The van der Waals surface area contributed by atoms with Crippen molar-refractivity contribution in [3.8, 4) is 0 Å². The van der Waals surface area contributed by atoms with E-state index in [0.29, 0.717) is 12.1 Å². The van der Waals surface area contributed by atoms with E-state index in [9.17, 15) is 16.8 Å². The van der Waals surface area contributed by atoms with Crippen LogP contribution in [0.5, 0.6) is 0 Å². The Labute approximate surface area is 139 Å². The molecular formula is C14H25N3O4S2. The molecule has 0 unspecified atom stereocenters. The molecule has 0 aliphatic rings. The van der Waals surface area contributed by atoms with E-state index < -0.39 is 20.0 Å². The normalized spacial score (nSPS) is 13.5. The molecule has 1 aromatic carbocycles. The molecule has 0 spiro atoms. The maximum Gasteiger partial charge on any atom is 0.242 e. The van der Waals surface area contributed by atoms with Crippen molar-refractivity contribution in [3.63, 3.8) is 0 Å². The summed E-state index contributed by atoms with van der Waals surface area (Å²) < 4.78 is 52.4. The Kier molecular flexibility index (Phi) is 5.98. The lowest BCUT2D eigenvalue weighted by Gasteiger charge is -2.28. The quantitative estimate of drug-likeness (QED) is 0.733. The van der Waals surface area contributed by atoms with Crippen LogP contribution in [0.2, 0.25) is 0 Å². The SMILES string of the molecule is CNS(=O)(=O)c1ccc(S(=O)(=O)N(C)CC(C)(C)CN)cc1C. The van der Waals surface area contributed by atoms with Crippen LogP contribution in [0.4, 0.5) is 0 Å². The standard InChI is InChI=1S/C14H25N3O4S2/c1-11-8-12(6-7-13(11)22(18,19)16-4)23(20,21)17(5)10-14(2,3)9-15/h6-8,16H,9-10,15H2,1-5H3. The van der Waals surface area contributed by atoms with Gasteiger partial charge in [-0.2, -0.15) is 0 Å². The first-order chi connectivity index (χ1) is 10.4. The number of rotatable bonds is 7. The van der Waals surface area contributed by atoms with E-state index in [0.717, 1.165) is 0 Å². The smallest absolute Gasteiger partial charge is 0.242 e. The van der Waals surface area contributed by atoms with Crippen LogP contribution in [0.25, 0.3) is 0 Å². The number of sulfonamides is 2. The molecule has 7 nitrogen and oxygen atoms in total. The lowest BCUT2D eigenvalue weighted by Crippen LogP contribution is -2.39. The number of hydrogen-bond donors (Lipinski definition) is 2. The first-order valence-electron chi connectivity index (χ1n) is 7.08. The van der Waals surface area contributed by atoms with Gasteiger partial charge in [-0.25, -0.2) is 25.9 Å². The highest BCUT2D eigenvalue weighted by Gasteiger charge is 2.28. The fraction of sp³-hybridized carbons (Fsp3) is 0.571. The van der Waals surface area contributed by atoms with Crippen LogP contribution in [0.1, 0.15) is 19.4 Å². The van der Waals surface area contributed by atoms with E-state index in [1.165, 1.54) is 36.6 Å². The van der Waals surface area contributed by atoms with Crippen LogP contribution >= 0.6 is 0 Å². The molecule has 0 amide bonds. The Morgan fingerprint density at radius 3 is 2.22 bits per heavy atom. The highest BCUT2D eigenvalue weighted by molar-refractivity contribution is 7.89. The highest BCUT2D eigenvalue weighted by Crippen LogP contribution is 2.24. The van der Waals surface area contributed by atoms with Gasteiger partial charge in [0.05, 0.1) is 9.79 Å². The summed E-state index contributed by atoms with van der Waals surface area (Å²) in [6, 6.07) is 3.97. The Bertz CT molecular complexity index is 771. The summed E-state index contributed by atoms with van der Waals surface area (Å²) in [5.74, 6) is 0. The van der Waals surface area contributed by atoms with Crippen LogP contribution in [0.15, 0.2) is 28.0 Å². The average molecular weight is 364 g/mol. The molecule has 9 heteroatoms. The van der Waals surface area contributed by atoms with Gasteiger partial charge in [0.25, 0.3) is 0 Å². The Morgan fingerprint density at radius 1 is 1.22 bits per heavy atom. The van der Waals surface area contributed by atoms with Gasteiger partial charge in [-0.1, -0.05) is 13.8 Å². The molecule has 0 bridgehead atoms. The van der Waals surface area contributed by atoms with E-state index in [4.69, 9.17) is 5.73 Å². The largest absolute Gasteiger partial charge is 0.330 e. The third kappa shape index (κ3) is 4.51. The Hall–Kier alpha value is -1.00. The third-order valence-electron chi connectivity index (χ3n) is 3.62. The minimum absolute atomic E-state index is 0.0559. The first-order valence-corrected chi connectivity index (χ1v) is 10.0. The minimum Gasteiger partial charge on any atom is -0.330 e. The van der Waals surface area contributed by atoms with Crippen LogP contribution in [0, 0.1) is 12.3 Å². The monoisotopic (exact) mass is 363 g/mol. The summed E-state index contributed by atoms with van der Waals surface area (Å²) in [6.45, 7) is 5.94. The Balaban J connectivity index is 3.24. The van der Waals surface area contributed by atoms with Gasteiger partial charge in [-0.15, -0.1) is 0 Å². The zero-order valence-corrected chi connectivity index (χ0v) is 15.8. The fourth-order valence-corrected chi connectivity index (χ4v) is 4.52. The molecule has 1 rings (SSSR count). The lowest BCUT2D eigenvalue weighted by molar-refractivity contribution is 0.292. The van der Waals surface area contributed by atoms with Gasteiger partial charge in [0.15, 0.2) is 0 Å². The number of nitrogens with zero attached hydrogens (tertiary/aromatic N) is 1. The zero-order valence-electron chi connectivity index (χ0n) is 14.1. The molecule has 0 saturated carbocycles. The molecule has 0 aromatic heterocycles. The molecule has 0 atom stereocenters. The van der Waals surface area contributed by atoms with Gasteiger partial charge in [-0.05, 0) is 49.7 Å². The number of nitrogens with one attached hydrogen (secondary N) is 1. The molecule has 1 aromatic rings. The van der Waals surface area contributed by atoms with E-state index in [-0.39, 0.29) is 21.8 Å².